The maximum absolute atomic E-state index is 13.4. The maximum atomic E-state index is 13.4. The molecule has 2 aromatic rings. The van der Waals surface area contributed by atoms with Gasteiger partial charge in [-0.1, -0.05) is 35.9 Å². The standard InChI is InChI=1S/C19H21FN2O2/c1-14-5-4-7-16(13-14)19(24)22-12-10-18(23)21-11-9-15-6-2-3-8-17(15)20/h2-8,13H,9-12H2,1H3,(H,21,23)(H,22,24). The van der Waals surface area contributed by atoms with Crippen LogP contribution in [0, 0.1) is 12.7 Å². The van der Waals surface area contributed by atoms with E-state index in [1.165, 1.54) is 6.07 Å². The average molecular weight is 328 g/mol. The van der Waals surface area contributed by atoms with E-state index in [2.05, 4.69) is 10.6 Å². The Bertz CT molecular complexity index is 716. The summed E-state index contributed by atoms with van der Waals surface area (Å²) in [7, 11) is 0. The average Bonchev–Trinajstić information content (AvgIpc) is 2.56. The molecule has 2 aromatic carbocycles. The third-order valence-electron chi connectivity index (χ3n) is 3.59. The van der Waals surface area contributed by atoms with Gasteiger partial charge in [0.2, 0.25) is 5.91 Å². The minimum Gasteiger partial charge on any atom is -0.356 e. The van der Waals surface area contributed by atoms with Crippen molar-refractivity contribution in [3.8, 4) is 0 Å². The van der Waals surface area contributed by atoms with Crippen LogP contribution in [0.4, 0.5) is 4.39 Å². The van der Waals surface area contributed by atoms with E-state index in [1.54, 1.807) is 30.3 Å². The van der Waals surface area contributed by atoms with Gasteiger partial charge in [-0.15, -0.1) is 0 Å². The third kappa shape index (κ3) is 5.50. The molecule has 24 heavy (non-hydrogen) atoms. The van der Waals surface area contributed by atoms with Crippen molar-refractivity contribution in [1.82, 2.24) is 10.6 Å². The van der Waals surface area contributed by atoms with Gasteiger partial charge < -0.3 is 10.6 Å². The van der Waals surface area contributed by atoms with Gasteiger partial charge in [0.1, 0.15) is 5.82 Å². The Morgan fingerprint density at radius 1 is 1.00 bits per heavy atom. The fourth-order valence-electron chi connectivity index (χ4n) is 2.30. The highest BCUT2D eigenvalue weighted by atomic mass is 19.1. The van der Waals surface area contributed by atoms with Gasteiger partial charge in [0, 0.05) is 25.1 Å². The second-order valence-electron chi connectivity index (χ2n) is 5.57. The number of hydrogen-bond donors (Lipinski definition) is 2. The van der Waals surface area contributed by atoms with Gasteiger partial charge in [-0.25, -0.2) is 4.39 Å². The van der Waals surface area contributed by atoms with Crippen LogP contribution in [0.3, 0.4) is 0 Å². The quantitative estimate of drug-likeness (QED) is 0.821. The smallest absolute Gasteiger partial charge is 0.251 e. The van der Waals surface area contributed by atoms with Crippen molar-refractivity contribution in [1.29, 1.82) is 0 Å². The van der Waals surface area contributed by atoms with Crippen molar-refractivity contribution in [3.05, 3.63) is 71.0 Å². The molecule has 2 rings (SSSR count). The Kier molecular flexibility index (Phi) is 6.49. The molecule has 2 amide bonds. The van der Waals surface area contributed by atoms with E-state index in [9.17, 15) is 14.0 Å². The third-order valence-corrected chi connectivity index (χ3v) is 3.59. The van der Waals surface area contributed by atoms with Crippen molar-refractivity contribution in [2.45, 2.75) is 19.8 Å². The first kappa shape index (κ1) is 17.7. The predicted octanol–water partition coefficient (Wildman–Crippen LogP) is 2.61. The van der Waals surface area contributed by atoms with E-state index in [4.69, 9.17) is 0 Å². The number of rotatable bonds is 7. The van der Waals surface area contributed by atoms with Crippen LogP contribution in [0.15, 0.2) is 48.5 Å². The lowest BCUT2D eigenvalue weighted by Crippen LogP contribution is -2.31. The number of nitrogens with one attached hydrogen (secondary N) is 2. The van der Waals surface area contributed by atoms with Gasteiger partial charge >= 0.3 is 0 Å². The molecule has 0 unspecified atom stereocenters. The lowest BCUT2D eigenvalue weighted by atomic mass is 10.1. The fourth-order valence-corrected chi connectivity index (χ4v) is 2.30. The molecule has 5 heteroatoms. The van der Waals surface area contributed by atoms with Gasteiger partial charge in [-0.05, 0) is 37.1 Å². The zero-order valence-corrected chi connectivity index (χ0v) is 13.6. The molecule has 0 spiro atoms. The minimum absolute atomic E-state index is 0.170. The van der Waals surface area contributed by atoms with E-state index in [0.29, 0.717) is 24.1 Å². The van der Waals surface area contributed by atoms with E-state index in [1.807, 2.05) is 19.1 Å². The summed E-state index contributed by atoms with van der Waals surface area (Å²) >= 11 is 0. The summed E-state index contributed by atoms with van der Waals surface area (Å²) < 4.78 is 13.4. The number of carbonyl (C=O) groups excluding carboxylic acids is 2. The highest BCUT2D eigenvalue weighted by molar-refractivity contribution is 5.94. The lowest BCUT2D eigenvalue weighted by molar-refractivity contribution is -0.120. The first-order chi connectivity index (χ1) is 11.6. The number of benzene rings is 2. The summed E-state index contributed by atoms with van der Waals surface area (Å²) in [6, 6.07) is 13.8. The highest BCUT2D eigenvalue weighted by Crippen LogP contribution is 2.06. The summed E-state index contributed by atoms with van der Waals surface area (Å²) in [5.74, 6) is -0.633. The lowest BCUT2D eigenvalue weighted by Gasteiger charge is -2.08. The van der Waals surface area contributed by atoms with Crippen LogP contribution in [0.5, 0.6) is 0 Å². The minimum atomic E-state index is -0.267. The van der Waals surface area contributed by atoms with Crippen molar-refractivity contribution >= 4 is 11.8 Å². The molecule has 0 fully saturated rings. The highest BCUT2D eigenvalue weighted by Gasteiger charge is 2.07. The monoisotopic (exact) mass is 328 g/mol. The largest absolute Gasteiger partial charge is 0.356 e. The molecule has 4 nitrogen and oxygen atoms in total. The molecule has 0 aliphatic heterocycles. The fraction of sp³-hybridized carbons (Fsp3) is 0.263. The summed E-state index contributed by atoms with van der Waals surface area (Å²) in [6.45, 7) is 2.55. The van der Waals surface area contributed by atoms with Crippen molar-refractivity contribution in [2.24, 2.45) is 0 Å². The SMILES string of the molecule is Cc1cccc(C(=O)NCCC(=O)NCCc2ccccc2F)c1. The molecule has 0 aliphatic carbocycles. The molecule has 126 valence electrons. The van der Waals surface area contributed by atoms with Crippen LogP contribution in [0.25, 0.3) is 0 Å². The van der Waals surface area contributed by atoms with Crippen LogP contribution in [0.1, 0.15) is 27.9 Å². The maximum Gasteiger partial charge on any atom is 0.251 e. The second kappa shape index (κ2) is 8.82. The van der Waals surface area contributed by atoms with E-state index in [0.717, 1.165) is 5.56 Å². The predicted molar refractivity (Wildman–Crippen MR) is 91.2 cm³/mol. The Balaban J connectivity index is 1.66. The molecular formula is C19H21FN2O2. The van der Waals surface area contributed by atoms with Crippen molar-refractivity contribution < 1.29 is 14.0 Å². The Morgan fingerprint density at radius 3 is 2.54 bits per heavy atom. The molecule has 2 N–H and O–H groups in total. The number of carbonyl (C=O) groups is 2. The first-order valence-electron chi connectivity index (χ1n) is 7.91. The number of hydrogen-bond acceptors (Lipinski definition) is 2. The van der Waals surface area contributed by atoms with Crippen LogP contribution < -0.4 is 10.6 Å². The van der Waals surface area contributed by atoms with Crippen molar-refractivity contribution in [2.75, 3.05) is 13.1 Å². The summed E-state index contributed by atoms with van der Waals surface area (Å²) in [4.78, 5) is 23.7. The molecule has 0 saturated carbocycles. The zero-order valence-electron chi connectivity index (χ0n) is 13.6. The second-order valence-corrected chi connectivity index (χ2v) is 5.57. The van der Waals surface area contributed by atoms with E-state index >= 15 is 0 Å². The summed E-state index contributed by atoms with van der Waals surface area (Å²) in [6.07, 6.45) is 0.628. The van der Waals surface area contributed by atoms with Gasteiger partial charge in [-0.3, -0.25) is 9.59 Å². The van der Waals surface area contributed by atoms with Gasteiger partial charge in [0.25, 0.3) is 5.91 Å². The summed E-state index contributed by atoms with van der Waals surface area (Å²) in [5, 5.41) is 5.44. The Morgan fingerprint density at radius 2 is 1.79 bits per heavy atom. The zero-order chi connectivity index (χ0) is 17.4. The Labute approximate surface area is 141 Å². The molecular weight excluding hydrogens is 307 g/mol. The van der Waals surface area contributed by atoms with Crippen LogP contribution in [-0.4, -0.2) is 24.9 Å². The van der Waals surface area contributed by atoms with Crippen molar-refractivity contribution in [3.63, 3.8) is 0 Å². The molecule has 0 aliphatic rings. The molecule has 0 saturated heterocycles. The molecule has 0 heterocycles. The topological polar surface area (TPSA) is 58.2 Å². The molecule has 0 aromatic heterocycles. The van der Waals surface area contributed by atoms with E-state index < -0.39 is 0 Å². The van der Waals surface area contributed by atoms with Gasteiger partial charge in [-0.2, -0.15) is 0 Å². The van der Waals surface area contributed by atoms with Gasteiger partial charge in [0.05, 0.1) is 0 Å². The van der Waals surface area contributed by atoms with Crippen LogP contribution >= 0.6 is 0 Å². The summed E-state index contributed by atoms with van der Waals surface area (Å²) in [5.41, 5.74) is 2.16. The first-order valence-corrected chi connectivity index (χ1v) is 7.91. The van der Waals surface area contributed by atoms with Gasteiger partial charge in [0.15, 0.2) is 0 Å². The van der Waals surface area contributed by atoms with Crippen LogP contribution in [-0.2, 0) is 11.2 Å². The molecule has 0 radical (unpaired) electrons. The van der Waals surface area contributed by atoms with E-state index in [-0.39, 0.29) is 30.6 Å². The number of halogens is 1. The number of aryl methyl sites for hydroxylation is 1. The Hall–Kier alpha value is -2.69. The normalized spacial score (nSPS) is 10.2. The number of amides is 2. The van der Waals surface area contributed by atoms with Crippen LogP contribution in [0.2, 0.25) is 0 Å². The molecule has 0 atom stereocenters. The molecule has 0 bridgehead atoms.